The van der Waals surface area contributed by atoms with Gasteiger partial charge in [0.05, 0.1) is 13.3 Å². The summed E-state index contributed by atoms with van der Waals surface area (Å²) in [6, 6.07) is 8.66. The zero-order valence-electron chi connectivity index (χ0n) is 15.7. The molecule has 2 aromatic rings. The first-order valence-corrected chi connectivity index (χ1v) is 9.23. The first kappa shape index (κ1) is 20.8. The summed E-state index contributed by atoms with van der Waals surface area (Å²) in [6.45, 7) is 5.93. The number of carbonyl (C=O) groups is 1. The number of hydrogen-bond donors (Lipinski definition) is 2. The first-order valence-electron chi connectivity index (χ1n) is 8.43. The summed E-state index contributed by atoms with van der Waals surface area (Å²) in [5.41, 5.74) is 4.86. The van der Waals surface area contributed by atoms with Crippen LogP contribution < -0.4 is 14.9 Å². The monoisotopic (exact) mass is 434 g/mol. The third-order valence-electron chi connectivity index (χ3n) is 3.90. The second-order valence-corrected chi connectivity index (χ2v) is 7.15. The van der Waals surface area contributed by atoms with Gasteiger partial charge in [0.15, 0.2) is 6.61 Å². The zero-order valence-corrected chi connectivity index (χ0v) is 17.3. The number of halogens is 1. The first-order chi connectivity index (χ1) is 12.8. The Labute approximate surface area is 167 Å². The van der Waals surface area contributed by atoms with E-state index in [0.29, 0.717) is 17.1 Å². The molecule has 0 saturated carbocycles. The van der Waals surface area contributed by atoms with E-state index in [1.54, 1.807) is 12.1 Å². The fraction of sp³-hybridized carbons (Fsp3) is 0.300. The number of carbonyl (C=O) groups excluding carboxylic acids is 1. The van der Waals surface area contributed by atoms with Crippen LogP contribution in [0.4, 0.5) is 0 Å². The topological polar surface area (TPSA) is 80.2 Å². The van der Waals surface area contributed by atoms with Crippen LogP contribution in [0.1, 0.15) is 36.5 Å². The molecule has 0 spiro atoms. The molecule has 7 heteroatoms. The molecule has 0 aliphatic rings. The van der Waals surface area contributed by atoms with Gasteiger partial charge in [0.25, 0.3) is 5.91 Å². The van der Waals surface area contributed by atoms with E-state index in [0.717, 1.165) is 15.6 Å². The van der Waals surface area contributed by atoms with Crippen LogP contribution in [0.25, 0.3) is 0 Å². The highest BCUT2D eigenvalue weighted by Gasteiger charge is 2.12. The lowest BCUT2D eigenvalue weighted by molar-refractivity contribution is -0.123. The van der Waals surface area contributed by atoms with Crippen LogP contribution in [0, 0.1) is 6.92 Å². The predicted octanol–water partition coefficient (Wildman–Crippen LogP) is 4.12. The van der Waals surface area contributed by atoms with Gasteiger partial charge >= 0.3 is 0 Å². The molecule has 2 rings (SSSR count). The number of nitrogens with zero attached hydrogens (tertiary/aromatic N) is 1. The number of phenols is 1. The Bertz CT molecular complexity index is 850. The van der Waals surface area contributed by atoms with E-state index in [1.807, 2.05) is 19.1 Å². The van der Waals surface area contributed by atoms with Crippen molar-refractivity contribution in [1.82, 2.24) is 5.43 Å². The van der Waals surface area contributed by atoms with Gasteiger partial charge in [0.2, 0.25) is 0 Å². The van der Waals surface area contributed by atoms with E-state index in [9.17, 15) is 9.90 Å². The Balaban J connectivity index is 1.98. The Morgan fingerprint density at radius 3 is 2.74 bits per heavy atom. The highest BCUT2D eigenvalue weighted by atomic mass is 79.9. The van der Waals surface area contributed by atoms with E-state index >= 15 is 0 Å². The van der Waals surface area contributed by atoms with Crippen molar-refractivity contribution in [1.29, 1.82) is 0 Å². The zero-order chi connectivity index (χ0) is 20.0. The standard InChI is InChI=1S/C20H23BrN2O4/c1-12(2)16-9-17(21)13(3)7-19(16)27-11-20(25)23-22-10-14-8-15(26-4)5-6-18(14)24/h5-10,12,24H,11H2,1-4H3,(H,23,25). The van der Waals surface area contributed by atoms with Crippen LogP contribution in [-0.2, 0) is 4.79 Å². The van der Waals surface area contributed by atoms with Crippen LogP contribution in [-0.4, -0.2) is 30.9 Å². The van der Waals surface area contributed by atoms with Gasteiger partial charge in [-0.05, 0) is 54.3 Å². The quantitative estimate of drug-likeness (QED) is 0.507. The average molecular weight is 435 g/mol. The van der Waals surface area contributed by atoms with Crippen molar-refractivity contribution < 1.29 is 19.4 Å². The lowest BCUT2D eigenvalue weighted by atomic mass is 10.0. The molecule has 0 radical (unpaired) electrons. The fourth-order valence-corrected chi connectivity index (χ4v) is 2.72. The lowest BCUT2D eigenvalue weighted by Gasteiger charge is -2.15. The van der Waals surface area contributed by atoms with Crippen molar-refractivity contribution in [3.05, 3.63) is 51.5 Å². The van der Waals surface area contributed by atoms with Gasteiger partial charge in [0.1, 0.15) is 17.2 Å². The number of nitrogens with one attached hydrogen (secondary N) is 1. The molecule has 0 aliphatic heterocycles. The number of hydrogen-bond acceptors (Lipinski definition) is 5. The number of aryl methyl sites for hydroxylation is 1. The molecular weight excluding hydrogens is 412 g/mol. The SMILES string of the molecule is COc1ccc(O)c(C=NNC(=O)COc2cc(C)c(Br)cc2C(C)C)c1. The molecule has 0 bridgehead atoms. The highest BCUT2D eigenvalue weighted by molar-refractivity contribution is 9.10. The van der Waals surface area contributed by atoms with Crippen LogP contribution in [0.2, 0.25) is 0 Å². The molecule has 0 heterocycles. The molecule has 0 aliphatic carbocycles. The molecule has 0 fully saturated rings. The lowest BCUT2D eigenvalue weighted by Crippen LogP contribution is -2.25. The molecule has 2 aromatic carbocycles. The number of methoxy groups -OCH3 is 1. The van der Waals surface area contributed by atoms with Gasteiger partial charge in [-0.3, -0.25) is 4.79 Å². The number of ether oxygens (including phenoxy) is 2. The van der Waals surface area contributed by atoms with E-state index in [4.69, 9.17) is 9.47 Å². The third-order valence-corrected chi connectivity index (χ3v) is 4.75. The van der Waals surface area contributed by atoms with Crippen molar-refractivity contribution in [3.63, 3.8) is 0 Å². The van der Waals surface area contributed by atoms with Crippen LogP contribution >= 0.6 is 15.9 Å². The smallest absolute Gasteiger partial charge is 0.277 e. The Kier molecular flexibility index (Phi) is 7.24. The van der Waals surface area contributed by atoms with Gasteiger partial charge < -0.3 is 14.6 Å². The number of aromatic hydroxyl groups is 1. The maximum Gasteiger partial charge on any atom is 0.277 e. The van der Waals surface area contributed by atoms with Gasteiger partial charge in [-0.2, -0.15) is 5.10 Å². The summed E-state index contributed by atoms with van der Waals surface area (Å²) >= 11 is 3.52. The van der Waals surface area contributed by atoms with Crippen molar-refractivity contribution in [2.45, 2.75) is 26.7 Å². The summed E-state index contributed by atoms with van der Waals surface area (Å²) in [5.74, 6) is 1.15. The second kappa shape index (κ2) is 9.41. The summed E-state index contributed by atoms with van der Waals surface area (Å²) in [6.07, 6.45) is 1.35. The van der Waals surface area contributed by atoms with E-state index in [1.165, 1.54) is 19.4 Å². The van der Waals surface area contributed by atoms with Gasteiger partial charge in [-0.1, -0.05) is 29.8 Å². The highest BCUT2D eigenvalue weighted by Crippen LogP contribution is 2.32. The fourth-order valence-electron chi connectivity index (χ4n) is 2.36. The minimum Gasteiger partial charge on any atom is -0.507 e. The molecule has 144 valence electrons. The molecule has 1 amide bonds. The number of rotatable bonds is 7. The van der Waals surface area contributed by atoms with Crippen molar-refractivity contribution >= 4 is 28.1 Å². The van der Waals surface area contributed by atoms with Crippen LogP contribution in [0.5, 0.6) is 17.2 Å². The summed E-state index contributed by atoms with van der Waals surface area (Å²) in [7, 11) is 1.53. The van der Waals surface area contributed by atoms with Crippen molar-refractivity contribution in [2.75, 3.05) is 13.7 Å². The van der Waals surface area contributed by atoms with E-state index in [-0.39, 0.29) is 18.3 Å². The van der Waals surface area contributed by atoms with Crippen molar-refractivity contribution in [3.8, 4) is 17.2 Å². The molecule has 0 unspecified atom stereocenters. The predicted molar refractivity (Wildman–Crippen MR) is 109 cm³/mol. The molecule has 27 heavy (non-hydrogen) atoms. The van der Waals surface area contributed by atoms with Crippen LogP contribution in [0.15, 0.2) is 39.9 Å². The summed E-state index contributed by atoms with van der Waals surface area (Å²) < 4.78 is 11.8. The second-order valence-electron chi connectivity index (χ2n) is 6.30. The normalized spacial score (nSPS) is 11.0. The molecule has 0 aromatic heterocycles. The number of hydrazone groups is 1. The Hall–Kier alpha value is -2.54. The molecule has 2 N–H and O–H groups in total. The number of phenolic OH excluding ortho intramolecular Hbond substituents is 1. The van der Waals surface area contributed by atoms with Gasteiger partial charge in [-0.15, -0.1) is 0 Å². The third kappa shape index (κ3) is 5.72. The number of benzene rings is 2. The maximum atomic E-state index is 12.0. The molecule has 0 saturated heterocycles. The minimum absolute atomic E-state index is 0.0389. The van der Waals surface area contributed by atoms with E-state index < -0.39 is 5.91 Å². The summed E-state index contributed by atoms with van der Waals surface area (Å²) in [5, 5.41) is 13.6. The Morgan fingerprint density at radius 1 is 1.33 bits per heavy atom. The largest absolute Gasteiger partial charge is 0.507 e. The molecule has 6 nitrogen and oxygen atoms in total. The van der Waals surface area contributed by atoms with Gasteiger partial charge in [0, 0.05) is 10.0 Å². The molecular formula is C20H23BrN2O4. The Morgan fingerprint density at radius 2 is 2.07 bits per heavy atom. The van der Waals surface area contributed by atoms with Gasteiger partial charge in [-0.25, -0.2) is 5.43 Å². The van der Waals surface area contributed by atoms with Crippen molar-refractivity contribution in [2.24, 2.45) is 5.10 Å². The molecule has 0 atom stereocenters. The number of amides is 1. The minimum atomic E-state index is -0.399. The summed E-state index contributed by atoms with van der Waals surface area (Å²) in [4.78, 5) is 12.0. The average Bonchev–Trinajstić information content (AvgIpc) is 2.63. The van der Waals surface area contributed by atoms with E-state index in [2.05, 4.69) is 40.3 Å². The maximum absolute atomic E-state index is 12.0. The van der Waals surface area contributed by atoms with Crippen LogP contribution in [0.3, 0.4) is 0 Å².